The standard InChI is InChI=1S/C17H28N4O2.HI/c1-14-4-5-15(16(12-14)22-2)13-20-17(18)19-6-3-7-21-8-10-23-11-9-21;/h4-5,12H,3,6-11,13H2,1-2H3,(H3,18,19,20);1H. The number of ether oxygens (including phenoxy) is 2. The van der Waals surface area contributed by atoms with Crippen molar-refractivity contribution in [2.45, 2.75) is 19.9 Å². The van der Waals surface area contributed by atoms with Gasteiger partial charge in [-0.3, -0.25) is 4.90 Å². The number of guanidine groups is 1. The maximum absolute atomic E-state index is 5.93. The van der Waals surface area contributed by atoms with E-state index in [1.807, 2.05) is 19.1 Å². The van der Waals surface area contributed by atoms with Crippen molar-refractivity contribution in [3.05, 3.63) is 29.3 Å². The van der Waals surface area contributed by atoms with Crippen LogP contribution in [0.5, 0.6) is 5.75 Å². The number of halogens is 1. The van der Waals surface area contributed by atoms with Gasteiger partial charge in [0, 0.05) is 25.2 Å². The molecule has 0 aliphatic carbocycles. The molecule has 136 valence electrons. The zero-order valence-electron chi connectivity index (χ0n) is 14.6. The average Bonchev–Trinajstić information content (AvgIpc) is 2.58. The summed E-state index contributed by atoms with van der Waals surface area (Å²) in [6.45, 7) is 8.19. The summed E-state index contributed by atoms with van der Waals surface area (Å²) in [5.74, 6) is 1.34. The largest absolute Gasteiger partial charge is 0.496 e. The van der Waals surface area contributed by atoms with E-state index in [1.54, 1.807) is 7.11 Å². The van der Waals surface area contributed by atoms with Crippen molar-refractivity contribution in [1.29, 1.82) is 0 Å². The van der Waals surface area contributed by atoms with Crippen molar-refractivity contribution in [2.75, 3.05) is 46.5 Å². The maximum Gasteiger partial charge on any atom is 0.188 e. The Morgan fingerprint density at radius 3 is 2.83 bits per heavy atom. The Morgan fingerprint density at radius 1 is 1.38 bits per heavy atom. The molecule has 2 rings (SSSR count). The highest BCUT2D eigenvalue weighted by molar-refractivity contribution is 14.0. The van der Waals surface area contributed by atoms with E-state index in [2.05, 4.69) is 21.3 Å². The van der Waals surface area contributed by atoms with E-state index in [4.69, 9.17) is 15.2 Å². The van der Waals surface area contributed by atoms with E-state index in [-0.39, 0.29) is 24.0 Å². The van der Waals surface area contributed by atoms with Crippen LogP contribution in [-0.2, 0) is 11.3 Å². The van der Waals surface area contributed by atoms with E-state index in [0.717, 1.165) is 57.1 Å². The molecule has 3 N–H and O–H groups in total. The number of hydrogen-bond acceptors (Lipinski definition) is 4. The Kier molecular flexibility index (Phi) is 10.0. The van der Waals surface area contributed by atoms with Crippen LogP contribution in [0.1, 0.15) is 17.5 Å². The predicted molar refractivity (Wildman–Crippen MR) is 108 cm³/mol. The van der Waals surface area contributed by atoms with Gasteiger partial charge in [-0.2, -0.15) is 0 Å². The minimum absolute atomic E-state index is 0. The third kappa shape index (κ3) is 7.23. The molecule has 1 aliphatic rings. The molecule has 0 bridgehead atoms. The first kappa shape index (κ1) is 21.0. The quantitative estimate of drug-likeness (QED) is 0.288. The van der Waals surface area contributed by atoms with Gasteiger partial charge in [0.2, 0.25) is 0 Å². The monoisotopic (exact) mass is 448 g/mol. The van der Waals surface area contributed by atoms with Crippen molar-refractivity contribution in [3.63, 3.8) is 0 Å². The number of aliphatic imine (C=N–C) groups is 1. The molecule has 0 radical (unpaired) electrons. The Morgan fingerprint density at radius 2 is 2.12 bits per heavy atom. The number of nitrogens with two attached hydrogens (primary N) is 1. The van der Waals surface area contributed by atoms with Gasteiger partial charge in [0.25, 0.3) is 0 Å². The molecule has 1 aliphatic heterocycles. The first-order valence-electron chi connectivity index (χ1n) is 8.16. The molecule has 1 saturated heterocycles. The number of rotatable bonds is 7. The van der Waals surface area contributed by atoms with Crippen molar-refractivity contribution >= 4 is 29.9 Å². The van der Waals surface area contributed by atoms with Crippen LogP contribution >= 0.6 is 24.0 Å². The Hall–Kier alpha value is -1.06. The average molecular weight is 448 g/mol. The van der Waals surface area contributed by atoms with Gasteiger partial charge in [-0.1, -0.05) is 12.1 Å². The minimum atomic E-state index is 0. The summed E-state index contributed by atoms with van der Waals surface area (Å²) in [5.41, 5.74) is 8.13. The second-order valence-electron chi connectivity index (χ2n) is 5.75. The number of morpholine rings is 1. The molecule has 0 aromatic heterocycles. The number of hydrogen-bond donors (Lipinski definition) is 2. The first-order chi connectivity index (χ1) is 11.2. The topological polar surface area (TPSA) is 72.1 Å². The summed E-state index contributed by atoms with van der Waals surface area (Å²) in [6.07, 6.45) is 1.05. The third-order valence-electron chi connectivity index (χ3n) is 3.92. The second kappa shape index (κ2) is 11.5. The van der Waals surface area contributed by atoms with E-state index in [1.165, 1.54) is 5.56 Å². The van der Waals surface area contributed by atoms with Crippen LogP contribution in [0.2, 0.25) is 0 Å². The lowest BCUT2D eigenvalue weighted by molar-refractivity contribution is 0.0376. The molecule has 7 heteroatoms. The van der Waals surface area contributed by atoms with E-state index >= 15 is 0 Å². The zero-order chi connectivity index (χ0) is 16.5. The molecule has 1 aromatic rings. The van der Waals surface area contributed by atoms with E-state index in [9.17, 15) is 0 Å². The summed E-state index contributed by atoms with van der Waals surface area (Å²) >= 11 is 0. The highest BCUT2D eigenvalue weighted by Gasteiger charge is 2.09. The minimum Gasteiger partial charge on any atom is -0.496 e. The predicted octanol–water partition coefficient (Wildman–Crippen LogP) is 1.75. The van der Waals surface area contributed by atoms with Crippen molar-refractivity contribution < 1.29 is 9.47 Å². The molecule has 0 spiro atoms. The number of aryl methyl sites for hydroxylation is 1. The lowest BCUT2D eigenvalue weighted by atomic mass is 10.1. The van der Waals surface area contributed by atoms with Gasteiger partial charge in [-0.05, 0) is 31.5 Å². The highest BCUT2D eigenvalue weighted by Crippen LogP contribution is 2.20. The molecule has 0 atom stereocenters. The zero-order valence-corrected chi connectivity index (χ0v) is 16.9. The molecule has 0 unspecified atom stereocenters. The SMILES string of the molecule is COc1cc(C)ccc1CN=C(N)NCCCN1CCOCC1.I. The van der Waals surface area contributed by atoms with Gasteiger partial charge in [0.1, 0.15) is 5.75 Å². The lowest BCUT2D eigenvalue weighted by Crippen LogP contribution is -2.39. The summed E-state index contributed by atoms with van der Waals surface area (Å²) in [4.78, 5) is 6.80. The molecule has 1 heterocycles. The Labute approximate surface area is 161 Å². The van der Waals surface area contributed by atoms with Gasteiger partial charge >= 0.3 is 0 Å². The van der Waals surface area contributed by atoms with E-state index in [0.29, 0.717) is 12.5 Å². The van der Waals surface area contributed by atoms with Gasteiger partial charge < -0.3 is 20.5 Å². The fourth-order valence-corrected chi connectivity index (χ4v) is 2.55. The number of nitrogens with zero attached hydrogens (tertiary/aromatic N) is 2. The second-order valence-corrected chi connectivity index (χ2v) is 5.75. The van der Waals surface area contributed by atoms with Crippen LogP contribution < -0.4 is 15.8 Å². The third-order valence-corrected chi connectivity index (χ3v) is 3.92. The molecule has 24 heavy (non-hydrogen) atoms. The molecule has 0 saturated carbocycles. The number of benzene rings is 1. The molecular weight excluding hydrogens is 419 g/mol. The first-order valence-corrected chi connectivity index (χ1v) is 8.16. The van der Waals surface area contributed by atoms with Gasteiger partial charge in [-0.15, -0.1) is 24.0 Å². The summed E-state index contributed by atoms with van der Waals surface area (Å²) in [6, 6.07) is 6.10. The van der Waals surface area contributed by atoms with Crippen LogP contribution in [-0.4, -0.2) is 57.4 Å². The van der Waals surface area contributed by atoms with Gasteiger partial charge in [-0.25, -0.2) is 4.99 Å². The van der Waals surface area contributed by atoms with Gasteiger partial charge in [0.15, 0.2) is 5.96 Å². The molecule has 1 aromatic carbocycles. The summed E-state index contributed by atoms with van der Waals surface area (Å²) < 4.78 is 10.7. The molecule has 1 fully saturated rings. The van der Waals surface area contributed by atoms with Crippen molar-refractivity contribution in [3.8, 4) is 5.75 Å². The van der Waals surface area contributed by atoms with Crippen molar-refractivity contribution in [1.82, 2.24) is 10.2 Å². The van der Waals surface area contributed by atoms with Crippen LogP contribution in [0.15, 0.2) is 23.2 Å². The fraction of sp³-hybridized carbons (Fsp3) is 0.588. The Bertz CT molecular complexity index is 519. The summed E-state index contributed by atoms with van der Waals surface area (Å²) in [7, 11) is 1.68. The Balaban J connectivity index is 0.00000288. The summed E-state index contributed by atoms with van der Waals surface area (Å²) in [5, 5.41) is 3.17. The number of nitrogens with one attached hydrogen (secondary N) is 1. The highest BCUT2D eigenvalue weighted by atomic mass is 127. The van der Waals surface area contributed by atoms with Crippen LogP contribution in [0.3, 0.4) is 0 Å². The molecule has 6 nitrogen and oxygen atoms in total. The van der Waals surface area contributed by atoms with Crippen LogP contribution in [0, 0.1) is 6.92 Å². The van der Waals surface area contributed by atoms with E-state index < -0.39 is 0 Å². The van der Waals surface area contributed by atoms with Crippen molar-refractivity contribution in [2.24, 2.45) is 10.7 Å². The maximum atomic E-state index is 5.93. The van der Waals surface area contributed by atoms with Crippen LogP contribution in [0.25, 0.3) is 0 Å². The van der Waals surface area contributed by atoms with Crippen LogP contribution in [0.4, 0.5) is 0 Å². The molecular formula is C17H29IN4O2. The fourth-order valence-electron chi connectivity index (χ4n) is 2.55. The smallest absolute Gasteiger partial charge is 0.188 e. The normalized spacial score (nSPS) is 15.7. The lowest BCUT2D eigenvalue weighted by Gasteiger charge is -2.26. The number of methoxy groups -OCH3 is 1. The van der Waals surface area contributed by atoms with Gasteiger partial charge in [0.05, 0.1) is 26.9 Å². The molecule has 0 amide bonds.